The largest absolute Gasteiger partial charge is 0.467 e. The molecule has 0 aromatic rings. The normalized spacial score (nSPS) is 26.4. The van der Waals surface area contributed by atoms with Crippen LogP contribution in [0.15, 0.2) is 0 Å². The number of nitrogens with zero attached hydrogens (tertiary/aromatic N) is 1. The van der Waals surface area contributed by atoms with Crippen molar-refractivity contribution in [1.29, 1.82) is 0 Å². The first kappa shape index (κ1) is 13.8. The summed E-state index contributed by atoms with van der Waals surface area (Å²) in [4.78, 5) is 36.4. The lowest BCUT2D eigenvalue weighted by Gasteiger charge is -2.23. The summed E-state index contributed by atoms with van der Waals surface area (Å²) in [5, 5.41) is 2.84. The first-order chi connectivity index (χ1) is 9.11. The van der Waals surface area contributed by atoms with Crippen LogP contribution in [0.1, 0.15) is 38.5 Å². The first-order valence-corrected chi connectivity index (χ1v) is 6.78. The van der Waals surface area contributed by atoms with Gasteiger partial charge >= 0.3 is 5.97 Å². The van der Waals surface area contributed by atoms with E-state index in [0.717, 1.165) is 12.8 Å². The molecule has 106 valence electrons. The summed E-state index contributed by atoms with van der Waals surface area (Å²) in [6.45, 7) is 0.621. The Bertz CT molecular complexity index is 383. The van der Waals surface area contributed by atoms with Crippen LogP contribution in [0.25, 0.3) is 0 Å². The summed E-state index contributed by atoms with van der Waals surface area (Å²) >= 11 is 0. The number of esters is 1. The van der Waals surface area contributed by atoms with Crippen LogP contribution in [-0.4, -0.2) is 48.4 Å². The fraction of sp³-hybridized carbons (Fsp3) is 0.769. The van der Waals surface area contributed by atoms with Gasteiger partial charge in [-0.05, 0) is 25.7 Å². The number of carbonyl (C=O) groups excluding carboxylic acids is 3. The molecule has 2 aliphatic rings. The van der Waals surface area contributed by atoms with Crippen LogP contribution in [-0.2, 0) is 19.1 Å². The molecule has 0 radical (unpaired) electrons. The predicted molar refractivity (Wildman–Crippen MR) is 67.1 cm³/mol. The van der Waals surface area contributed by atoms with Crippen molar-refractivity contribution in [1.82, 2.24) is 10.2 Å². The van der Waals surface area contributed by atoms with Crippen LogP contribution in [0.4, 0.5) is 0 Å². The molecule has 0 spiro atoms. The first-order valence-electron chi connectivity index (χ1n) is 6.78. The Morgan fingerprint density at radius 3 is 2.84 bits per heavy atom. The number of hydrogen-bond acceptors (Lipinski definition) is 4. The zero-order valence-electron chi connectivity index (χ0n) is 11.2. The molecule has 1 N–H and O–H groups in total. The fourth-order valence-corrected chi connectivity index (χ4v) is 2.78. The van der Waals surface area contributed by atoms with E-state index in [2.05, 4.69) is 5.32 Å². The van der Waals surface area contributed by atoms with Gasteiger partial charge in [0, 0.05) is 25.4 Å². The molecule has 6 heteroatoms. The lowest BCUT2D eigenvalue weighted by Crippen LogP contribution is -2.41. The minimum absolute atomic E-state index is 0.0194. The molecule has 0 aromatic carbocycles. The zero-order chi connectivity index (χ0) is 13.8. The Kier molecular flexibility index (Phi) is 4.39. The van der Waals surface area contributed by atoms with Gasteiger partial charge in [-0.2, -0.15) is 0 Å². The Hall–Kier alpha value is -1.59. The number of methoxy groups -OCH3 is 1. The van der Waals surface area contributed by atoms with Crippen molar-refractivity contribution in [3.05, 3.63) is 0 Å². The van der Waals surface area contributed by atoms with Crippen molar-refractivity contribution in [2.75, 3.05) is 13.7 Å². The summed E-state index contributed by atoms with van der Waals surface area (Å²) in [5.41, 5.74) is 0. The molecule has 2 rings (SSSR count). The van der Waals surface area contributed by atoms with Gasteiger partial charge in [-0.1, -0.05) is 0 Å². The van der Waals surface area contributed by atoms with E-state index in [9.17, 15) is 14.4 Å². The second-order valence-electron chi connectivity index (χ2n) is 5.11. The molecular formula is C13H20N2O4. The van der Waals surface area contributed by atoms with Gasteiger partial charge in [0.15, 0.2) is 0 Å². The number of likely N-dealkylation sites (tertiary alicyclic amines) is 1. The van der Waals surface area contributed by atoms with Gasteiger partial charge in [0.1, 0.15) is 6.04 Å². The van der Waals surface area contributed by atoms with Crippen LogP contribution in [0, 0.1) is 0 Å². The smallest absolute Gasteiger partial charge is 0.328 e. The van der Waals surface area contributed by atoms with E-state index in [-0.39, 0.29) is 23.8 Å². The van der Waals surface area contributed by atoms with Gasteiger partial charge < -0.3 is 15.0 Å². The third kappa shape index (κ3) is 3.24. The Morgan fingerprint density at radius 1 is 1.42 bits per heavy atom. The van der Waals surface area contributed by atoms with Crippen molar-refractivity contribution in [3.8, 4) is 0 Å². The molecule has 2 saturated heterocycles. The molecule has 0 saturated carbocycles. The van der Waals surface area contributed by atoms with E-state index >= 15 is 0 Å². The van der Waals surface area contributed by atoms with Crippen LogP contribution in [0.3, 0.4) is 0 Å². The number of hydrogen-bond donors (Lipinski definition) is 1. The number of ether oxygens (including phenoxy) is 1. The molecule has 2 amide bonds. The molecular weight excluding hydrogens is 248 g/mol. The van der Waals surface area contributed by atoms with E-state index in [1.165, 1.54) is 7.11 Å². The average molecular weight is 268 g/mol. The van der Waals surface area contributed by atoms with Gasteiger partial charge in [0.25, 0.3) is 0 Å². The number of amides is 2. The third-order valence-corrected chi connectivity index (χ3v) is 3.84. The molecule has 2 atom stereocenters. The highest BCUT2D eigenvalue weighted by atomic mass is 16.5. The molecule has 0 aliphatic carbocycles. The topological polar surface area (TPSA) is 75.7 Å². The maximum atomic E-state index is 12.1. The van der Waals surface area contributed by atoms with Crippen molar-refractivity contribution in [3.63, 3.8) is 0 Å². The monoisotopic (exact) mass is 268 g/mol. The molecule has 2 heterocycles. The summed E-state index contributed by atoms with van der Waals surface area (Å²) in [6, 6.07) is -0.314. The minimum Gasteiger partial charge on any atom is -0.467 e. The lowest BCUT2D eigenvalue weighted by molar-refractivity contribution is -0.151. The highest BCUT2D eigenvalue weighted by molar-refractivity contribution is 5.85. The van der Waals surface area contributed by atoms with Gasteiger partial charge in [-0.3, -0.25) is 9.59 Å². The fourth-order valence-electron chi connectivity index (χ4n) is 2.78. The second-order valence-corrected chi connectivity index (χ2v) is 5.11. The summed E-state index contributed by atoms with van der Waals surface area (Å²) < 4.78 is 4.72. The highest BCUT2D eigenvalue weighted by Gasteiger charge is 2.34. The zero-order valence-corrected chi connectivity index (χ0v) is 11.2. The summed E-state index contributed by atoms with van der Waals surface area (Å²) in [6.07, 6.45) is 3.89. The molecule has 6 nitrogen and oxygen atoms in total. The van der Waals surface area contributed by atoms with E-state index in [4.69, 9.17) is 4.74 Å². The lowest BCUT2D eigenvalue weighted by atomic mass is 10.1. The molecule has 2 fully saturated rings. The Balaban J connectivity index is 1.82. The predicted octanol–water partition coefficient (Wildman–Crippen LogP) is 0.209. The maximum Gasteiger partial charge on any atom is 0.328 e. The SMILES string of the molecule is COC(=O)[C@@H]1CCCN1C(=O)CCC1CCC(=O)N1. The maximum absolute atomic E-state index is 12.1. The quantitative estimate of drug-likeness (QED) is 0.739. The number of rotatable bonds is 4. The molecule has 0 bridgehead atoms. The van der Waals surface area contributed by atoms with E-state index in [1.54, 1.807) is 4.90 Å². The molecule has 19 heavy (non-hydrogen) atoms. The average Bonchev–Trinajstić information content (AvgIpc) is 3.03. The molecule has 0 aromatic heterocycles. The Labute approximate surface area is 112 Å². The Morgan fingerprint density at radius 2 is 2.21 bits per heavy atom. The minimum atomic E-state index is -0.421. The molecule has 1 unspecified atom stereocenters. The van der Waals surface area contributed by atoms with Crippen molar-refractivity contribution >= 4 is 17.8 Å². The number of nitrogens with one attached hydrogen (secondary N) is 1. The van der Waals surface area contributed by atoms with Gasteiger partial charge in [0.2, 0.25) is 11.8 Å². The number of carbonyl (C=O) groups is 3. The molecule has 2 aliphatic heterocycles. The van der Waals surface area contributed by atoms with Crippen LogP contribution in [0.5, 0.6) is 0 Å². The van der Waals surface area contributed by atoms with Crippen molar-refractivity contribution in [2.24, 2.45) is 0 Å². The van der Waals surface area contributed by atoms with E-state index in [0.29, 0.717) is 32.2 Å². The van der Waals surface area contributed by atoms with Gasteiger partial charge in [-0.15, -0.1) is 0 Å². The van der Waals surface area contributed by atoms with Crippen LogP contribution in [0.2, 0.25) is 0 Å². The summed E-state index contributed by atoms with van der Waals surface area (Å²) in [5.74, 6) is -0.292. The van der Waals surface area contributed by atoms with Crippen LogP contribution < -0.4 is 5.32 Å². The van der Waals surface area contributed by atoms with Gasteiger partial charge in [-0.25, -0.2) is 4.79 Å². The highest BCUT2D eigenvalue weighted by Crippen LogP contribution is 2.21. The second kappa shape index (κ2) is 6.04. The summed E-state index contributed by atoms with van der Waals surface area (Å²) in [7, 11) is 1.34. The van der Waals surface area contributed by atoms with E-state index < -0.39 is 6.04 Å². The van der Waals surface area contributed by atoms with Gasteiger partial charge in [0.05, 0.1) is 7.11 Å². The van der Waals surface area contributed by atoms with Crippen molar-refractivity contribution in [2.45, 2.75) is 50.6 Å². The standard InChI is InChI=1S/C13H20N2O4/c1-19-13(18)10-3-2-8-15(10)12(17)7-5-9-4-6-11(16)14-9/h9-10H,2-8H2,1H3,(H,14,16)/t9?,10-/m0/s1. The van der Waals surface area contributed by atoms with Crippen LogP contribution >= 0.6 is 0 Å². The van der Waals surface area contributed by atoms with E-state index in [1.807, 2.05) is 0 Å². The third-order valence-electron chi connectivity index (χ3n) is 3.84. The van der Waals surface area contributed by atoms with Crippen molar-refractivity contribution < 1.29 is 19.1 Å².